The normalized spacial score (nSPS) is 11.1. The van der Waals surface area contributed by atoms with Gasteiger partial charge in [-0.1, -0.05) is 35.9 Å². The number of carbonyl (C=O) groups excluding carboxylic acids is 3. The fraction of sp³-hybridized carbons (Fsp3) is 0.211. The van der Waals surface area contributed by atoms with E-state index in [2.05, 4.69) is 16.2 Å². The van der Waals surface area contributed by atoms with Crippen molar-refractivity contribution in [2.24, 2.45) is 0 Å². The summed E-state index contributed by atoms with van der Waals surface area (Å²) < 4.78 is 5.30. The van der Waals surface area contributed by atoms with Gasteiger partial charge in [0.05, 0.1) is 15.6 Å². The van der Waals surface area contributed by atoms with Crippen molar-refractivity contribution in [1.29, 1.82) is 0 Å². The van der Waals surface area contributed by atoms with Crippen LogP contribution in [0.5, 0.6) is 5.75 Å². The van der Waals surface area contributed by atoms with Gasteiger partial charge in [-0.05, 0) is 25.1 Å². The third-order valence-corrected chi connectivity index (χ3v) is 4.12. The molecule has 0 spiro atoms. The van der Waals surface area contributed by atoms with Crippen LogP contribution in [0.15, 0.2) is 48.5 Å². The third kappa shape index (κ3) is 6.74. The van der Waals surface area contributed by atoms with Gasteiger partial charge in [-0.3, -0.25) is 35.3 Å². The number of nitro groups is 1. The van der Waals surface area contributed by atoms with Crippen LogP contribution in [0.25, 0.3) is 0 Å². The van der Waals surface area contributed by atoms with Crippen LogP contribution < -0.4 is 20.9 Å². The molecule has 3 N–H and O–H groups in total. The summed E-state index contributed by atoms with van der Waals surface area (Å²) in [7, 11) is 0. The predicted octanol–water partition coefficient (Wildman–Crippen LogP) is 2.58. The Bertz CT molecular complexity index is 952. The van der Waals surface area contributed by atoms with E-state index < -0.39 is 28.7 Å². The number of ether oxygens (including phenoxy) is 1. The molecule has 10 nitrogen and oxygen atoms in total. The molecule has 0 aliphatic carbocycles. The third-order valence-electron chi connectivity index (χ3n) is 3.79. The van der Waals surface area contributed by atoms with Crippen molar-refractivity contribution in [2.45, 2.75) is 25.9 Å². The molecule has 0 fully saturated rings. The van der Waals surface area contributed by atoms with Crippen LogP contribution in [0.4, 0.5) is 11.4 Å². The van der Waals surface area contributed by atoms with E-state index in [1.165, 1.54) is 31.2 Å². The molecule has 30 heavy (non-hydrogen) atoms. The second-order valence-corrected chi connectivity index (χ2v) is 6.46. The van der Waals surface area contributed by atoms with E-state index in [1.807, 2.05) is 0 Å². The summed E-state index contributed by atoms with van der Waals surface area (Å²) >= 11 is 5.94. The first-order valence-corrected chi connectivity index (χ1v) is 9.19. The highest BCUT2D eigenvalue weighted by Gasteiger charge is 2.21. The summed E-state index contributed by atoms with van der Waals surface area (Å²) in [6.45, 7) is 1.37. The van der Waals surface area contributed by atoms with Crippen LogP contribution in [-0.4, -0.2) is 28.7 Å². The topological polar surface area (TPSA) is 140 Å². The Morgan fingerprint density at radius 2 is 1.67 bits per heavy atom. The number of hydrogen-bond donors (Lipinski definition) is 3. The SMILES string of the molecule is CC(Oc1ccccc1[N+](=O)[O-])C(=O)NNC(=O)CCC(=O)Nc1ccccc1Cl. The number of nitrogens with zero attached hydrogens (tertiary/aromatic N) is 1. The van der Waals surface area contributed by atoms with Gasteiger partial charge in [0.25, 0.3) is 5.91 Å². The predicted molar refractivity (Wildman–Crippen MR) is 109 cm³/mol. The van der Waals surface area contributed by atoms with Crippen molar-refractivity contribution in [3.05, 3.63) is 63.7 Å². The Hall–Kier alpha value is -3.66. The van der Waals surface area contributed by atoms with Crippen molar-refractivity contribution < 1.29 is 24.0 Å². The molecule has 3 amide bonds. The molecule has 0 saturated heterocycles. The van der Waals surface area contributed by atoms with Crippen LogP contribution in [0.1, 0.15) is 19.8 Å². The van der Waals surface area contributed by atoms with Crippen molar-refractivity contribution in [3.8, 4) is 5.75 Å². The van der Waals surface area contributed by atoms with Gasteiger partial charge in [-0.15, -0.1) is 0 Å². The molecule has 2 aromatic rings. The fourth-order valence-electron chi connectivity index (χ4n) is 2.25. The molecule has 11 heteroatoms. The highest BCUT2D eigenvalue weighted by molar-refractivity contribution is 6.33. The molecule has 2 aromatic carbocycles. The van der Waals surface area contributed by atoms with Crippen LogP contribution in [0, 0.1) is 10.1 Å². The molecule has 0 bridgehead atoms. The fourth-order valence-corrected chi connectivity index (χ4v) is 2.43. The quantitative estimate of drug-likeness (QED) is 0.431. The van der Waals surface area contributed by atoms with E-state index >= 15 is 0 Å². The van der Waals surface area contributed by atoms with E-state index in [1.54, 1.807) is 24.3 Å². The molecule has 1 unspecified atom stereocenters. The molecule has 2 rings (SSSR count). The highest BCUT2D eigenvalue weighted by atomic mass is 35.5. The lowest BCUT2D eigenvalue weighted by atomic mass is 10.2. The highest BCUT2D eigenvalue weighted by Crippen LogP contribution is 2.26. The van der Waals surface area contributed by atoms with Gasteiger partial charge in [0.1, 0.15) is 0 Å². The first-order valence-electron chi connectivity index (χ1n) is 8.81. The van der Waals surface area contributed by atoms with Crippen LogP contribution in [0.2, 0.25) is 5.02 Å². The van der Waals surface area contributed by atoms with Crippen LogP contribution >= 0.6 is 11.6 Å². The average Bonchev–Trinajstić information content (AvgIpc) is 2.72. The second-order valence-electron chi connectivity index (χ2n) is 6.05. The van der Waals surface area contributed by atoms with E-state index in [0.717, 1.165) is 0 Å². The number of halogens is 1. The summed E-state index contributed by atoms with van der Waals surface area (Å²) in [6.07, 6.45) is -1.43. The molecule has 0 radical (unpaired) electrons. The lowest BCUT2D eigenvalue weighted by Crippen LogP contribution is -2.47. The van der Waals surface area contributed by atoms with Gasteiger partial charge in [0.15, 0.2) is 11.9 Å². The van der Waals surface area contributed by atoms with Gasteiger partial charge in [0.2, 0.25) is 11.8 Å². The Labute approximate surface area is 176 Å². The second kappa shape index (κ2) is 10.8. The van der Waals surface area contributed by atoms with E-state index in [9.17, 15) is 24.5 Å². The summed E-state index contributed by atoms with van der Waals surface area (Å²) in [5.74, 6) is -1.82. The van der Waals surface area contributed by atoms with Gasteiger partial charge in [-0.2, -0.15) is 0 Å². The van der Waals surface area contributed by atoms with Gasteiger partial charge in [-0.25, -0.2) is 0 Å². The molecular weight excluding hydrogens is 416 g/mol. The zero-order valence-corrected chi connectivity index (χ0v) is 16.6. The standard InChI is InChI=1S/C19H19ClN4O6/c1-12(30-16-9-5-4-8-15(16)24(28)29)19(27)23-22-18(26)11-10-17(25)21-14-7-3-2-6-13(14)20/h2-9,12H,10-11H2,1H3,(H,21,25)(H,22,26)(H,23,27). The minimum Gasteiger partial charge on any atom is -0.474 e. The number of hydrogen-bond acceptors (Lipinski definition) is 6. The summed E-state index contributed by atoms with van der Waals surface area (Å²) in [5, 5.41) is 13.9. The van der Waals surface area contributed by atoms with Crippen LogP contribution in [-0.2, 0) is 14.4 Å². The lowest BCUT2D eigenvalue weighted by molar-refractivity contribution is -0.386. The maximum absolute atomic E-state index is 12.0. The van der Waals surface area contributed by atoms with E-state index in [0.29, 0.717) is 10.7 Å². The smallest absolute Gasteiger partial charge is 0.310 e. The Kier molecular flexibility index (Phi) is 8.12. The summed E-state index contributed by atoms with van der Waals surface area (Å²) in [4.78, 5) is 46.1. The molecule has 0 aliphatic heterocycles. The lowest BCUT2D eigenvalue weighted by Gasteiger charge is -2.15. The molecule has 1 atom stereocenters. The van der Waals surface area contributed by atoms with Crippen LogP contribution in [0.3, 0.4) is 0 Å². The van der Waals surface area contributed by atoms with Gasteiger partial charge in [0, 0.05) is 18.9 Å². The Balaban J connectivity index is 1.76. The monoisotopic (exact) mass is 434 g/mol. The van der Waals surface area contributed by atoms with Crippen molar-refractivity contribution in [3.63, 3.8) is 0 Å². The Morgan fingerprint density at radius 1 is 1.03 bits per heavy atom. The zero-order chi connectivity index (χ0) is 22.1. The molecule has 158 valence electrons. The maximum Gasteiger partial charge on any atom is 0.310 e. The number of hydrazine groups is 1. The number of carbonyl (C=O) groups is 3. The number of nitro benzene ring substituents is 1. The largest absolute Gasteiger partial charge is 0.474 e. The number of rotatable bonds is 8. The van der Waals surface area contributed by atoms with Crippen molar-refractivity contribution in [1.82, 2.24) is 10.9 Å². The molecular formula is C19H19ClN4O6. The molecule has 0 saturated carbocycles. The number of para-hydroxylation sites is 3. The average molecular weight is 435 g/mol. The minimum absolute atomic E-state index is 0.0762. The van der Waals surface area contributed by atoms with E-state index in [4.69, 9.17) is 16.3 Å². The number of amides is 3. The first kappa shape index (κ1) is 22.6. The first-order chi connectivity index (χ1) is 14.3. The number of benzene rings is 2. The van der Waals surface area contributed by atoms with Crippen molar-refractivity contribution >= 4 is 40.7 Å². The Morgan fingerprint density at radius 3 is 2.37 bits per heavy atom. The van der Waals surface area contributed by atoms with Crippen molar-refractivity contribution in [2.75, 3.05) is 5.32 Å². The summed E-state index contributed by atoms with van der Waals surface area (Å²) in [6, 6.07) is 12.3. The van der Waals surface area contributed by atoms with E-state index in [-0.39, 0.29) is 24.3 Å². The zero-order valence-electron chi connectivity index (χ0n) is 15.9. The summed E-state index contributed by atoms with van der Waals surface area (Å²) in [5.41, 5.74) is 4.45. The molecule has 0 aromatic heterocycles. The number of anilines is 1. The van der Waals surface area contributed by atoms with Gasteiger partial charge >= 0.3 is 5.69 Å². The maximum atomic E-state index is 12.0. The molecule has 0 aliphatic rings. The number of nitrogens with one attached hydrogen (secondary N) is 3. The molecule has 0 heterocycles. The van der Waals surface area contributed by atoms with Gasteiger partial charge < -0.3 is 10.1 Å². The minimum atomic E-state index is -1.12.